The molecule has 0 saturated heterocycles. The number of aliphatic hydroxyl groups is 1. The maximum atomic E-state index is 9.20. The molecule has 0 heterocycles. The largest absolute Gasteiger partial charge is 0.395 e. The summed E-state index contributed by atoms with van der Waals surface area (Å²) in [4.78, 5) is 2.18. The van der Waals surface area contributed by atoms with Gasteiger partial charge in [0.15, 0.2) is 0 Å². The van der Waals surface area contributed by atoms with Crippen molar-refractivity contribution in [2.75, 3.05) is 13.2 Å². The monoisotopic (exact) mass is 309 g/mol. The molecule has 1 N–H and O–H groups in total. The van der Waals surface area contributed by atoms with Crippen molar-refractivity contribution >= 4 is 23.2 Å². The van der Waals surface area contributed by atoms with Crippen LogP contribution in [0.3, 0.4) is 0 Å². The Morgan fingerprint density at radius 3 is 2.20 bits per heavy atom. The third kappa shape index (κ3) is 4.50. The highest BCUT2D eigenvalue weighted by atomic mass is 35.5. The first-order valence-electron chi connectivity index (χ1n) is 6.50. The summed E-state index contributed by atoms with van der Waals surface area (Å²) in [6.07, 6.45) is 0. The summed E-state index contributed by atoms with van der Waals surface area (Å²) in [5, 5.41) is 10.3. The average Bonchev–Trinajstić information content (AvgIpc) is 2.44. The molecule has 0 spiro atoms. The van der Waals surface area contributed by atoms with Crippen molar-refractivity contribution in [2.45, 2.75) is 13.1 Å². The van der Waals surface area contributed by atoms with E-state index in [2.05, 4.69) is 17.0 Å². The van der Waals surface area contributed by atoms with Gasteiger partial charge in [-0.3, -0.25) is 4.90 Å². The smallest absolute Gasteiger partial charge is 0.0595 e. The van der Waals surface area contributed by atoms with E-state index in [4.69, 9.17) is 23.2 Å². The number of nitrogens with zero attached hydrogens (tertiary/aromatic N) is 1. The molecule has 0 unspecified atom stereocenters. The lowest BCUT2D eigenvalue weighted by atomic mass is 10.1. The van der Waals surface area contributed by atoms with Gasteiger partial charge in [0.1, 0.15) is 0 Å². The number of halogens is 2. The summed E-state index contributed by atoms with van der Waals surface area (Å²) in [5.41, 5.74) is 2.31. The Hall–Kier alpha value is -1.06. The van der Waals surface area contributed by atoms with E-state index in [0.29, 0.717) is 16.6 Å². The van der Waals surface area contributed by atoms with Crippen molar-refractivity contribution in [3.05, 3.63) is 69.7 Å². The van der Waals surface area contributed by atoms with Crippen molar-refractivity contribution in [3.63, 3.8) is 0 Å². The van der Waals surface area contributed by atoms with Crippen molar-refractivity contribution < 1.29 is 5.11 Å². The highest BCUT2D eigenvalue weighted by Gasteiger charge is 2.08. The van der Waals surface area contributed by atoms with E-state index in [9.17, 15) is 5.11 Å². The number of aliphatic hydroxyl groups excluding tert-OH is 1. The van der Waals surface area contributed by atoms with Crippen molar-refractivity contribution in [3.8, 4) is 0 Å². The molecule has 20 heavy (non-hydrogen) atoms. The van der Waals surface area contributed by atoms with Gasteiger partial charge in [0.2, 0.25) is 0 Å². The van der Waals surface area contributed by atoms with Crippen LogP contribution < -0.4 is 0 Å². The van der Waals surface area contributed by atoms with Gasteiger partial charge < -0.3 is 5.11 Å². The fourth-order valence-electron chi connectivity index (χ4n) is 2.09. The number of benzene rings is 2. The third-order valence-electron chi connectivity index (χ3n) is 3.06. The number of hydrogen-bond acceptors (Lipinski definition) is 2. The summed E-state index contributed by atoms with van der Waals surface area (Å²) in [6, 6.07) is 15.8. The molecule has 106 valence electrons. The molecule has 0 bridgehead atoms. The highest BCUT2D eigenvalue weighted by molar-refractivity contribution is 6.42. The Morgan fingerprint density at radius 1 is 0.850 bits per heavy atom. The minimum absolute atomic E-state index is 0.133. The molecule has 2 aromatic carbocycles. The van der Waals surface area contributed by atoms with Crippen LogP contribution in [0.5, 0.6) is 0 Å². The maximum absolute atomic E-state index is 9.20. The van der Waals surface area contributed by atoms with Crippen molar-refractivity contribution in [2.24, 2.45) is 0 Å². The molecule has 0 radical (unpaired) electrons. The lowest BCUT2D eigenvalue weighted by molar-refractivity contribution is 0.184. The molecule has 0 aliphatic rings. The summed E-state index contributed by atoms with van der Waals surface area (Å²) in [6.45, 7) is 2.28. The SMILES string of the molecule is OCCN(Cc1ccccc1)Cc1ccc(Cl)c(Cl)c1. The molecule has 0 aromatic heterocycles. The molecule has 0 saturated carbocycles. The van der Waals surface area contributed by atoms with Crippen molar-refractivity contribution in [1.82, 2.24) is 4.90 Å². The first kappa shape index (κ1) is 15.3. The standard InChI is InChI=1S/C16H17Cl2NO/c17-15-7-6-14(10-16(15)18)12-19(8-9-20)11-13-4-2-1-3-5-13/h1-7,10,20H,8-9,11-12H2. The highest BCUT2D eigenvalue weighted by Crippen LogP contribution is 2.23. The zero-order valence-corrected chi connectivity index (χ0v) is 12.6. The number of rotatable bonds is 6. The minimum atomic E-state index is 0.133. The van der Waals surface area contributed by atoms with Crippen LogP contribution in [0.2, 0.25) is 10.0 Å². The molecule has 2 nitrogen and oxygen atoms in total. The number of hydrogen-bond donors (Lipinski definition) is 1. The second-order valence-electron chi connectivity index (χ2n) is 4.67. The fourth-order valence-corrected chi connectivity index (χ4v) is 2.41. The van der Waals surface area contributed by atoms with Crippen LogP contribution in [0.1, 0.15) is 11.1 Å². The Balaban J connectivity index is 2.06. The van der Waals surface area contributed by atoms with E-state index < -0.39 is 0 Å². The quantitative estimate of drug-likeness (QED) is 0.872. The van der Waals surface area contributed by atoms with E-state index in [-0.39, 0.29) is 6.61 Å². The predicted molar refractivity (Wildman–Crippen MR) is 84.1 cm³/mol. The van der Waals surface area contributed by atoms with Gasteiger partial charge in [-0.2, -0.15) is 0 Å². The van der Waals surface area contributed by atoms with E-state index in [0.717, 1.165) is 18.7 Å². The predicted octanol–water partition coefficient (Wildman–Crippen LogP) is 3.99. The van der Waals surface area contributed by atoms with Gasteiger partial charge in [-0.25, -0.2) is 0 Å². The topological polar surface area (TPSA) is 23.5 Å². The van der Waals surface area contributed by atoms with Crippen LogP contribution in [0.25, 0.3) is 0 Å². The molecule has 2 aromatic rings. The van der Waals surface area contributed by atoms with E-state index >= 15 is 0 Å². The van der Waals surface area contributed by atoms with E-state index in [1.165, 1.54) is 5.56 Å². The molecule has 0 amide bonds. The molecule has 2 rings (SSSR count). The second-order valence-corrected chi connectivity index (χ2v) is 5.48. The average molecular weight is 310 g/mol. The third-order valence-corrected chi connectivity index (χ3v) is 3.79. The molecule has 0 fully saturated rings. The van der Waals surface area contributed by atoms with Crippen LogP contribution in [0.4, 0.5) is 0 Å². The van der Waals surface area contributed by atoms with Gasteiger partial charge in [-0.15, -0.1) is 0 Å². The molecule has 0 aliphatic heterocycles. The van der Waals surface area contributed by atoms with Gasteiger partial charge in [-0.05, 0) is 23.3 Å². The zero-order valence-electron chi connectivity index (χ0n) is 11.1. The normalized spacial score (nSPS) is 11.0. The van der Waals surface area contributed by atoms with Gasteiger partial charge in [-0.1, -0.05) is 59.6 Å². The molecule has 4 heteroatoms. The molecular formula is C16H17Cl2NO. The van der Waals surface area contributed by atoms with Crippen LogP contribution in [0, 0.1) is 0 Å². The summed E-state index contributed by atoms with van der Waals surface area (Å²) in [5.74, 6) is 0. The Bertz CT molecular complexity index is 545. The maximum Gasteiger partial charge on any atom is 0.0595 e. The lowest BCUT2D eigenvalue weighted by Gasteiger charge is -2.21. The van der Waals surface area contributed by atoms with Crippen LogP contribution in [0.15, 0.2) is 48.5 Å². The zero-order chi connectivity index (χ0) is 14.4. The Labute approximate surface area is 129 Å². The van der Waals surface area contributed by atoms with Crippen LogP contribution in [-0.2, 0) is 13.1 Å². The van der Waals surface area contributed by atoms with Gasteiger partial charge in [0.05, 0.1) is 16.7 Å². The summed E-state index contributed by atoms with van der Waals surface area (Å²) >= 11 is 12.0. The first-order valence-corrected chi connectivity index (χ1v) is 7.25. The van der Waals surface area contributed by atoms with Crippen molar-refractivity contribution in [1.29, 1.82) is 0 Å². The van der Waals surface area contributed by atoms with Gasteiger partial charge >= 0.3 is 0 Å². The van der Waals surface area contributed by atoms with E-state index in [1.54, 1.807) is 6.07 Å². The molecule has 0 aliphatic carbocycles. The molecule has 0 atom stereocenters. The van der Waals surface area contributed by atoms with Gasteiger partial charge in [0, 0.05) is 19.6 Å². The van der Waals surface area contributed by atoms with Gasteiger partial charge in [0.25, 0.3) is 0 Å². The molecular weight excluding hydrogens is 293 g/mol. The summed E-state index contributed by atoms with van der Waals surface area (Å²) < 4.78 is 0. The summed E-state index contributed by atoms with van der Waals surface area (Å²) in [7, 11) is 0. The fraction of sp³-hybridized carbons (Fsp3) is 0.250. The minimum Gasteiger partial charge on any atom is -0.395 e. The van der Waals surface area contributed by atoms with Crippen LogP contribution >= 0.6 is 23.2 Å². The Morgan fingerprint density at radius 2 is 1.55 bits per heavy atom. The first-order chi connectivity index (χ1) is 9.69. The second kappa shape index (κ2) is 7.65. The van der Waals surface area contributed by atoms with Crippen LogP contribution in [-0.4, -0.2) is 23.2 Å². The Kier molecular flexibility index (Phi) is 5.86. The lowest BCUT2D eigenvalue weighted by Crippen LogP contribution is -2.26. The van der Waals surface area contributed by atoms with E-state index in [1.807, 2.05) is 30.3 Å².